The third-order valence-electron chi connectivity index (χ3n) is 1.61. The molecule has 0 radical (unpaired) electrons. The lowest BCUT2D eigenvalue weighted by molar-refractivity contribution is -0.123. The van der Waals surface area contributed by atoms with E-state index in [1.54, 1.807) is 0 Å². The van der Waals surface area contributed by atoms with E-state index in [1.807, 2.05) is 0 Å². The summed E-state index contributed by atoms with van der Waals surface area (Å²) in [5.74, 6) is -0.510. The van der Waals surface area contributed by atoms with Gasteiger partial charge in [0.25, 0.3) is 0 Å². The van der Waals surface area contributed by atoms with E-state index in [2.05, 4.69) is 16.0 Å². The van der Waals surface area contributed by atoms with Gasteiger partial charge in [0.2, 0.25) is 11.8 Å². The van der Waals surface area contributed by atoms with Crippen molar-refractivity contribution in [1.82, 2.24) is 16.0 Å². The van der Waals surface area contributed by atoms with Crippen molar-refractivity contribution in [2.45, 2.75) is 6.04 Å². The summed E-state index contributed by atoms with van der Waals surface area (Å²) in [6, 6.07) is -0.411. The lowest BCUT2D eigenvalue weighted by Crippen LogP contribution is -2.55. The zero-order valence-electron chi connectivity index (χ0n) is 6.59. The van der Waals surface area contributed by atoms with E-state index in [-0.39, 0.29) is 19.1 Å². The molecule has 0 aromatic carbocycles. The Bertz CT molecular complexity index is 182. The Kier molecular flexibility index (Phi) is 3.01. The summed E-state index contributed by atoms with van der Waals surface area (Å²) in [5, 5.41) is 8.12. The number of carbonyl (C=O) groups is 2. The SMILES string of the molecule is NC(=O)C1CNCC(=O)NCN1. The molecule has 2 amide bonds. The molecule has 0 saturated carbocycles. The molecule has 1 aliphatic heterocycles. The van der Waals surface area contributed by atoms with Crippen LogP contribution in [0.1, 0.15) is 0 Å². The molecule has 0 spiro atoms. The van der Waals surface area contributed by atoms with Crippen molar-refractivity contribution < 1.29 is 9.59 Å². The van der Waals surface area contributed by atoms with Gasteiger partial charge in [-0.25, -0.2) is 0 Å². The smallest absolute Gasteiger partial charge is 0.235 e. The van der Waals surface area contributed by atoms with Gasteiger partial charge in [0.05, 0.1) is 13.2 Å². The zero-order valence-corrected chi connectivity index (χ0v) is 6.59. The predicted molar refractivity (Wildman–Crippen MR) is 42.0 cm³/mol. The van der Waals surface area contributed by atoms with E-state index in [0.717, 1.165) is 0 Å². The Morgan fingerprint density at radius 1 is 1.58 bits per heavy atom. The van der Waals surface area contributed by atoms with Crippen molar-refractivity contribution in [1.29, 1.82) is 0 Å². The molecule has 0 aromatic heterocycles. The Balaban J connectivity index is 2.40. The fraction of sp³-hybridized carbons (Fsp3) is 0.667. The molecule has 1 atom stereocenters. The van der Waals surface area contributed by atoms with E-state index in [0.29, 0.717) is 6.54 Å². The minimum atomic E-state index is -0.418. The van der Waals surface area contributed by atoms with Gasteiger partial charge in [-0.15, -0.1) is 0 Å². The molecule has 1 rings (SSSR count). The van der Waals surface area contributed by atoms with Crippen molar-refractivity contribution >= 4 is 11.8 Å². The van der Waals surface area contributed by atoms with E-state index < -0.39 is 11.9 Å². The second kappa shape index (κ2) is 4.03. The molecular formula is C6H12N4O2. The molecule has 1 aliphatic rings. The van der Waals surface area contributed by atoms with Gasteiger partial charge in [-0.1, -0.05) is 0 Å². The van der Waals surface area contributed by atoms with Crippen LogP contribution in [0.3, 0.4) is 0 Å². The van der Waals surface area contributed by atoms with Gasteiger partial charge in [-0.3, -0.25) is 14.9 Å². The number of nitrogens with one attached hydrogen (secondary N) is 3. The summed E-state index contributed by atoms with van der Waals surface area (Å²) in [6.07, 6.45) is 0. The fourth-order valence-corrected chi connectivity index (χ4v) is 0.939. The number of rotatable bonds is 1. The standard InChI is InChI=1S/C6H12N4O2/c7-6(12)4-1-8-2-5(11)10-3-9-4/h4,8-9H,1-3H2,(H2,7,12)(H,10,11). The maximum Gasteiger partial charge on any atom is 0.235 e. The topological polar surface area (TPSA) is 96.2 Å². The van der Waals surface area contributed by atoms with Crippen LogP contribution in [0.15, 0.2) is 0 Å². The van der Waals surface area contributed by atoms with Crippen molar-refractivity contribution in [3.63, 3.8) is 0 Å². The first-order valence-electron chi connectivity index (χ1n) is 3.70. The normalized spacial score (nSPS) is 25.3. The average Bonchev–Trinajstić information content (AvgIpc) is 1.95. The van der Waals surface area contributed by atoms with Crippen molar-refractivity contribution in [2.24, 2.45) is 5.73 Å². The summed E-state index contributed by atoms with van der Waals surface area (Å²) in [4.78, 5) is 21.5. The minimum Gasteiger partial charge on any atom is -0.368 e. The van der Waals surface area contributed by atoms with Gasteiger partial charge in [-0.2, -0.15) is 0 Å². The highest BCUT2D eigenvalue weighted by atomic mass is 16.2. The number of nitrogens with two attached hydrogens (primary N) is 1. The number of primary amides is 1. The average molecular weight is 172 g/mol. The predicted octanol–water partition coefficient (Wildman–Crippen LogP) is -2.89. The van der Waals surface area contributed by atoms with Crippen LogP contribution in [0.2, 0.25) is 0 Å². The highest BCUT2D eigenvalue weighted by molar-refractivity contribution is 5.81. The monoisotopic (exact) mass is 172 g/mol. The van der Waals surface area contributed by atoms with Crippen molar-refractivity contribution in [2.75, 3.05) is 19.8 Å². The van der Waals surface area contributed by atoms with Crippen LogP contribution >= 0.6 is 0 Å². The molecule has 6 heteroatoms. The first kappa shape index (κ1) is 8.95. The van der Waals surface area contributed by atoms with Crippen LogP contribution in [0.4, 0.5) is 0 Å². The quantitative estimate of drug-likeness (QED) is 0.341. The van der Waals surface area contributed by atoms with Crippen LogP contribution in [-0.2, 0) is 9.59 Å². The van der Waals surface area contributed by atoms with Gasteiger partial charge < -0.3 is 16.4 Å². The fourth-order valence-electron chi connectivity index (χ4n) is 0.939. The largest absolute Gasteiger partial charge is 0.368 e. The maximum absolute atomic E-state index is 10.8. The lowest BCUT2D eigenvalue weighted by atomic mass is 10.2. The van der Waals surface area contributed by atoms with Gasteiger partial charge in [0, 0.05) is 6.54 Å². The van der Waals surface area contributed by atoms with E-state index >= 15 is 0 Å². The molecule has 5 N–H and O–H groups in total. The van der Waals surface area contributed by atoms with Crippen LogP contribution in [0, 0.1) is 0 Å². The number of amides is 2. The third-order valence-corrected chi connectivity index (χ3v) is 1.61. The second-order valence-corrected chi connectivity index (χ2v) is 2.57. The Morgan fingerprint density at radius 3 is 3.00 bits per heavy atom. The third kappa shape index (κ3) is 2.48. The zero-order chi connectivity index (χ0) is 8.97. The van der Waals surface area contributed by atoms with Crippen LogP contribution < -0.4 is 21.7 Å². The molecule has 1 unspecified atom stereocenters. The molecule has 1 heterocycles. The Morgan fingerprint density at radius 2 is 2.33 bits per heavy atom. The van der Waals surface area contributed by atoms with E-state index in [9.17, 15) is 9.59 Å². The molecule has 0 aliphatic carbocycles. The van der Waals surface area contributed by atoms with Crippen molar-refractivity contribution in [3.8, 4) is 0 Å². The molecule has 68 valence electrons. The second-order valence-electron chi connectivity index (χ2n) is 2.57. The van der Waals surface area contributed by atoms with Crippen LogP contribution in [0.25, 0.3) is 0 Å². The summed E-state index contributed by atoms with van der Waals surface area (Å²) in [7, 11) is 0. The summed E-state index contributed by atoms with van der Waals surface area (Å²) >= 11 is 0. The lowest BCUT2D eigenvalue weighted by Gasteiger charge is -2.19. The Hall–Kier alpha value is -1.14. The van der Waals surface area contributed by atoms with Crippen LogP contribution in [0.5, 0.6) is 0 Å². The molecule has 1 saturated heterocycles. The van der Waals surface area contributed by atoms with Gasteiger partial charge >= 0.3 is 0 Å². The van der Waals surface area contributed by atoms with E-state index in [1.165, 1.54) is 0 Å². The number of hydrogen-bond acceptors (Lipinski definition) is 4. The molecule has 1 fully saturated rings. The highest BCUT2D eigenvalue weighted by Crippen LogP contribution is 1.81. The summed E-state index contributed by atoms with van der Waals surface area (Å²) in [5.41, 5.74) is 5.07. The molecular weight excluding hydrogens is 160 g/mol. The van der Waals surface area contributed by atoms with Crippen LogP contribution in [-0.4, -0.2) is 37.6 Å². The minimum absolute atomic E-state index is 0.0922. The number of carbonyl (C=O) groups excluding carboxylic acids is 2. The van der Waals surface area contributed by atoms with Gasteiger partial charge in [0.1, 0.15) is 6.04 Å². The van der Waals surface area contributed by atoms with E-state index in [4.69, 9.17) is 5.73 Å². The summed E-state index contributed by atoms with van der Waals surface area (Å²) < 4.78 is 0. The molecule has 0 aromatic rings. The maximum atomic E-state index is 10.8. The molecule has 12 heavy (non-hydrogen) atoms. The first-order valence-corrected chi connectivity index (χ1v) is 3.70. The molecule has 6 nitrogen and oxygen atoms in total. The number of hydrogen-bond donors (Lipinski definition) is 4. The highest BCUT2D eigenvalue weighted by Gasteiger charge is 2.16. The van der Waals surface area contributed by atoms with Gasteiger partial charge in [0.15, 0.2) is 0 Å². The molecule has 0 bridgehead atoms. The summed E-state index contributed by atoms with van der Waals surface area (Å²) in [6.45, 7) is 0.905. The van der Waals surface area contributed by atoms with Gasteiger partial charge in [-0.05, 0) is 0 Å². The first-order chi connectivity index (χ1) is 5.70. The Labute approximate surface area is 69.9 Å². The van der Waals surface area contributed by atoms with Crippen molar-refractivity contribution in [3.05, 3.63) is 0 Å².